The molecule has 110 valence electrons. The van der Waals surface area contributed by atoms with Crippen LogP contribution in [0.5, 0.6) is 0 Å². The van der Waals surface area contributed by atoms with Crippen LogP contribution in [0.25, 0.3) is 0 Å². The molecule has 2 N–H and O–H groups in total. The van der Waals surface area contributed by atoms with Crippen LogP contribution in [0.3, 0.4) is 0 Å². The number of carbonyl (C=O) groups is 1. The number of nitrogen functional groups attached to an aromatic ring is 1. The van der Waals surface area contributed by atoms with Gasteiger partial charge in [0.25, 0.3) is 5.91 Å². The van der Waals surface area contributed by atoms with Crippen molar-refractivity contribution >= 4 is 39.1 Å². The Kier molecular flexibility index (Phi) is 5.26. The smallest absolute Gasteiger partial charge is 0.256 e. The van der Waals surface area contributed by atoms with Gasteiger partial charge < -0.3 is 10.6 Å². The van der Waals surface area contributed by atoms with Crippen molar-refractivity contribution in [2.45, 2.75) is 13.5 Å². The van der Waals surface area contributed by atoms with Crippen LogP contribution in [0, 0.1) is 0 Å². The lowest BCUT2D eigenvalue weighted by molar-refractivity contribution is 0.0753. The van der Waals surface area contributed by atoms with E-state index < -0.39 is 0 Å². The Morgan fingerprint density at radius 1 is 1.29 bits per heavy atom. The first-order chi connectivity index (χ1) is 10.0. The fraction of sp³-hybridized carbons (Fsp3) is 0.188. The van der Waals surface area contributed by atoms with Gasteiger partial charge in [-0.05, 0) is 36.8 Å². The van der Waals surface area contributed by atoms with Crippen molar-refractivity contribution in [2.24, 2.45) is 0 Å². The van der Waals surface area contributed by atoms with Gasteiger partial charge in [0.2, 0.25) is 0 Å². The highest BCUT2D eigenvalue weighted by Crippen LogP contribution is 2.22. The van der Waals surface area contributed by atoms with Gasteiger partial charge in [-0.15, -0.1) is 0 Å². The molecule has 2 rings (SSSR count). The van der Waals surface area contributed by atoms with E-state index >= 15 is 0 Å². The fourth-order valence-electron chi connectivity index (χ4n) is 2.04. The van der Waals surface area contributed by atoms with Gasteiger partial charge in [-0.3, -0.25) is 4.79 Å². The number of halogens is 2. The molecule has 2 aromatic carbocycles. The minimum absolute atomic E-state index is 0.101. The Morgan fingerprint density at radius 3 is 2.67 bits per heavy atom. The monoisotopic (exact) mass is 366 g/mol. The van der Waals surface area contributed by atoms with E-state index in [1.54, 1.807) is 17.0 Å². The lowest BCUT2D eigenvalue weighted by Crippen LogP contribution is -2.31. The highest BCUT2D eigenvalue weighted by Gasteiger charge is 2.18. The topological polar surface area (TPSA) is 46.3 Å². The molecule has 0 fully saturated rings. The van der Waals surface area contributed by atoms with Gasteiger partial charge in [-0.25, -0.2) is 0 Å². The molecular formula is C16H16BrClN2O. The molecule has 0 unspecified atom stereocenters. The van der Waals surface area contributed by atoms with E-state index in [2.05, 4.69) is 15.9 Å². The number of rotatable bonds is 4. The second kappa shape index (κ2) is 6.96. The summed E-state index contributed by atoms with van der Waals surface area (Å²) in [7, 11) is 0. The number of benzene rings is 2. The van der Waals surface area contributed by atoms with Crippen LogP contribution in [0.2, 0.25) is 5.02 Å². The zero-order chi connectivity index (χ0) is 15.4. The predicted molar refractivity (Wildman–Crippen MR) is 90.4 cm³/mol. The Balaban J connectivity index is 2.27. The first kappa shape index (κ1) is 15.9. The average molecular weight is 368 g/mol. The molecule has 1 amide bonds. The summed E-state index contributed by atoms with van der Waals surface area (Å²) in [6, 6.07) is 12.8. The molecule has 0 heterocycles. The Hall–Kier alpha value is -1.52. The van der Waals surface area contributed by atoms with Gasteiger partial charge in [0.15, 0.2) is 0 Å². The van der Waals surface area contributed by atoms with Gasteiger partial charge in [0, 0.05) is 28.3 Å². The van der Waals surface area contributed by atoms with Crippen LogP contribution in [0.1, 0.15) is 22.8 Å². The molecule has 0 aliphatic rings. The normalized spacial score (nSPS) is 10.4. The number of amides is 1. The van der Waals surface area contributed by atoms with Crippen molar-refractivity contribution in [3.05, 3.63) is 63.1 Å². The quantitative estimate of drug-likeness (QED) is 0.817. The van der Waals surface area contributed by atoms with Gasteiger partial charge >= 0.3 is 0 Å². The Morgan fingerprint density at radius 2 is 2.00 bits per heavy atom. The van der Waals surface area contributed by atoms with Gasteiger partial charge in [-0.2, -0.15) is 0 Å². The number of hydrogen-bond acceptors (Lipinski definition) is 2. The zero-order valence-electron chi connectivity index (χ0n) is 11.6. The molecule has 0 radical (unpaired) electrons. The molecule has 5 heteroatoms. The van der Waals surface area contributed by atoms with Crippen LogP contribution >= 0.6 is 27.5 Å². The first-order valence-corrected chi connectivity index (χ1v) is 7.77. The lowest BCUT2D eigenvalue weighted by Gasteiger charge is -2.22. The number of nitrogens with two attached hydrogens (primary N) is 1. The van der Waals surface area contributed by atoms with E-state index in [1.165, 1.54) is 0 Å². The molecule has 0 aliphatic carbocycles. The summed E-state index contributed by atoms with van der Waals surface area (Å²) in [4.78, 5) is 14.4. The average Bonchev–Trinajstić information content (AvgIpc) is 2.48. The van der Waals surface area contributed by atoms with E-state index in [0.717, 1.165) is 10.0 Å². The summed E-state index contributed by atoms with van der Waals surface area (Å²) in [6.45, 7) is 2.97. The van der Waals surface area contributed by atoms with Crippen LogP contribution in [0.15, 0.2) is 46.9 Å². The first-order valence-electron chi connectivity index (χ1n) is 6.60. The third-order valence-corrected chi connectivity index (χ3v) is 4.10. The second-order valence-corrected chi connectivity index (χ2v) is 5.97. The summed E-state index contributed by atoms with van der Waals surface area (Å²) in [5.74, 6) is -0.101. The maximum Gasteiger partial charge on any atom is 0.256 e. The molecule has 0 bridgehead atoms. The third kappa shape index (κ3) is 3.77. The lowest BCUT2D eigenvalue weighted by atomic mass is 10.1. The van der Waals surface area contributed by atoms with Crippen molar-refractivity contribution in [2.75, 3.05) is 12.3 Å². The van der Waals surface area contributed by atoms with E-state index in [1.807, 2.05) is 37.3 Å². The Bertz CT molecular complexity index is 660. The van der Waals surface area contributed by atoms with Crippen molar-refractivity contribution < 1.29 is 4.79 Å². The van der Waals surface area contributed by atoms with E-state index in [-0.39, 0.29) is 5.91 Å². The highest BCUT2D eigenvalue weighted by molar-refractivity contribution is 9.10. The van der Waals surface area contributed by atoms with Crippen molar-refractivity contribution in [3.8, 4) is 0 Å². The second-order valence-electron chi connectivity index (χ2n) is 4.64. The van der Waals surface area contributed by atoms with Crippen molar-refractivity contribution in [1.29, 1.82) is 0 Å². The minimum atomic E-state index is -0.101. The fourth-order valence-corrected chi connectivity index (χ4v) is 2.60. The summed E-state index contributed by atoms with van der Waals surface area (Å²) in [5.41, 5.74) is 7.80. The summed E-state index contributed by atoms with van der Waals surface area (Å²) in [6.07, 6.45) is 0. The van der Waals surface area contributed by atoms with Crippen LogP contribution < -0.4 is 5.73 Å². The number of hydrogen-bond donors (Lipinski definition) is 1. The van der Waals surface area contributed by atoms with E-state index in [0.29, 0.717) is 29.4 Å². The van der Waals surface area contributed by atoms with Crippen molar-refractivity contribution in [1.82, 2.24) is 4.90 Å². The van der Waals surface area contributed by atoms with Crippen LogP contribution in [-0.4, -0.2) is 17.4 Å². The maximum absolute atomic E-state index is 12.6. The summed E-state index contributed by atoms with van der Waals surface area (Å²) in [5, 5.41) is 0.658. The van der Waals surface area contributed by atoms with Gasteiger partial charge in [0.1, 0.15) is 0 Å². The Labute approximate surface area is 137 Å². The van der Waals surface area contributed by atoms with Gasteiger partial charge in [-0.1, -0.05) is 45.7 Å². The van der Waals surface area contributed by atoms with E-state index in [4.69, 9.17) is 17.3 Å². The van der Waals surface area contributed by atoms with Crippen molar-refractivity contribution in [3.63, 3.8) is 0 Å². The summed E-state index contributed by atoms with van der Waals surface area (Å²) < 4.78 is 0.828. The van der Waals surface area contributed by atoms with Crippen LogP contribution in [-0.2, 0) is 6.54 Å². The number of nitrogens with zero attached hydrogens (tertiary/aromatic N) is 1. The van der Waals surface area contributed by atoms with Gasteiger partial charge in [0.05, 0.1) is 5.56 Å². The molecule has 21 heavy (non-hydrogen) atoms. The molecule has 3 nitrogen and oxygen atoms in total. The molecule has 0 saturated heterocycles. The van der Waals surface area contributed by atoms with E-state index in [9.17, 15) is 4.79 Å². The number of anilines is 1. The third-order valence-electron chi connectivity index (χ3n) is 3.23. The SMILES string of the molecule is CCN(Cc1ccccc1Cl)C(=O)c1cc(Br)ccc1N. The molecule has 0 spiro atoms. The molecule has 0 saturated carbocycles. The molecular weight excluding hydrogens is 352 g/mol. The van der Waals surface area contributed by atoms with Crippen LogP contribution in [0.4, 0.5) is 5.69 Å². The standard InChI is InChI=1S/C16H16BrClN2O/c1-2-20(10-11-5-3-4-6-14(11)18)16(21)13-9-12(17)7-8-15(13)19/h3-9H,2,10,19H2,1H3. The molecule has 2 aromatic rings. The summed E-state index contributed by atoms with van der Waals surface area (Å²) >= 11 is 9.53. The highest BCUT2D eigenvalue weighted by atomic mass is 79.9. The predicted octanol–water partition coefficient (Wildman–Crippen LogP) is 4.35. The molecule has 0 aliphatic heterocycles. The molecule has 0 aromatic heterocycles. The molecule has 0 atom stereocenters. The minimum Gasteiger partial charge on any atom is -0.398 e. The number of carbonyl (C=O) groups excluding carboxylic acids is 1. The maximum atomic E-state index is 12.6. The largest absolute Gasteiger partial charge is 0.398 e. The zero-order valence-corrected chi connectivity index (χ0v) is 14.0.